The van der Waals surface area contributed by atoms with Gasteiger partial charge in [-0.05, 0) is 18.2 Å². The van der Waals surface area contributed by atoms with Crippen LogP contribution in [0.25, 0.3) is 16.9 Å². The summed E-state index contributed by atoms with van der Waals surface area (Å²) in [4.78, 5) is 4.04. The summed E-state index contributed by atoms with van der Waals surface area (Å²) in [5.74, 6) is 0.193. The zero-order valence-corrected chi connectivity index (χ0v) is 12.9. The van der Waals surface area contributed by atoms with E-state index in [0.29, 0.717) is 5.56 Å². The lowest BCUT2D eigenvalue weighted by Crippen LogP contribution is -2.07. The Morgan fingerprint density at radius 1 is 1.05 bits per heavy atom. The van der Waals surface area contributed by atoms with E-state index < -0.39 is 11.7 Å². The number of hydrogen-bond donors (Lipinski definition) is 0. The van der Waals surface area contributed by atoms with Crippen LogP contribution in [0.15, 0.2) is 36.7 Å². The van der Waals surface area contributed by atoms with Gasteiger partial charge in [0.1, 0.15) is 5.82 Å². The van der Waals surface area contributed by atoms with Crippen LogP contribution in [0.1, 0.15) is 5.56 Å². The van der Waals surface area contributed by atoms with Crippen LogP contribution in [0.4, 0.5) is 13.2 Å². The van der Waals surface area contributed by atoms with Gasteiger partial charge in [0.2, 0.25) is 0 Å². The predicted molar refractivity (Wildman–Crippen MR) is 80.7 cm³/mol. The highest BCUT2D eigenvalue weighted by Crippen LogP contribution is 2.38. The highest BCUT2D eigenvalue weighted by molar-refractivity contribution is 6.39. The zero-order chi connectivity index (χ0) is 16.1. The van der Waals surface area contributed by atoms with Crippen LogP contribution in [-0.2, 0) is 6.18 Å². The Labute approximate surface area is 138 Å². The highest BCUT2D eigenvalue weighted by atomic mass is 35.5. The van der Waals surface area contributed by atoms with E-state index in [4.69, 9.17) is 34.8 Å². The number of alkyl halides is 3. The van der Waals surface area contributed by atoms with Crippen molar-refractivity contribution in [2.75, 3.05) is 0 Å². The molecule has 3 rings (SSSR count). The predicted octanol–water partition coefficient (Wildman–Crippen LogP) is 5.98. The number of fused-ring (bicyclic) bond motifs is 1. The summed E-state index contributed by atoms with van der Waals surface area (Å²) < 4.78 is 40.6. The molecular formula is C14H6Cl3F3N2. The van der Waals surface area contributed by atoms with Gasteiger partial charge in [0, 0.05) is 6.20 Å². The molecule has 1 aromatic carbocycles. The molecule has 114 valence electrons. The molecule has 0 unspecified atom stereocenters. The molecule has 0 aliphatic heterocycles. The summed E-state index contributed by atoms with van der Waals surface area (Å²) in [6.45, 7) is 0. The van der Waals surface area contributed by atoms with Gasteiger partial charge in [-0.15, -0.1) is 0 Å². The second-order valence-corrected chi connectivity index (χ2v) is 5.75. The first-order valence-corrected chi connectivity index (χ1v) is 7.10. The standard InChI is InChI=1S/C14H6Cl3F3N2/c15-7-4-8(14(18,19)20)11-5-21-13(22(11)6-7)12-9(16)2-1-3-10(12)17/h1-6H. The number of rotatable bonds is 1. The van der Waals surface area contributed by atoms with E-state index in [1.54, 1.807) is 18.2 Å². The van der Waals surface area contributed by atoms with E-state index in [-0.39, 0.29) is 26.4 Å². The summed E-state index contributed by atoms with van der Waals surface area (Å²) in [6.07, 6.45) is -2.09. The van der Waals surface area contributed by atoms with Crippen molar-refractivity contribution in [3.05, 3.63) is 57.3 Å². The Balaban J connectivity index is 2.37. The fraction of sp³-hybridized carbons (Fsp3) is 0.0714. The van der Waals surface area contributed by atoms with Crippen molar-refractivity contribution in [1.29, 1.82) is 0 Å². The number of halogens is 6. The summed E-state index contributed by atoms with van der Waals surface area (Å²) in [7, 11) is 0. The molecule has 0 amide bonds. The second kappa shape index (κ2) is 5.33. The lowest BCUT2D eigenvalue weighted by atomic mass is 10.2. The molecule has 2 aromatic heterocycles. The van der Waals surface area contributed by atoms with Crippen molar-refractivity contribution in [2.45, 2.75) is 6.18 Å². The van der Waals surface area contributed by atoms with Crippen molar-refractivity contribution in [1.82, 2.24) is 9.38 Å². The van der Waals surface area contributed by atoms with Crippen LogP contribution >= 0.6 is 34.8 Å². The molecule has 0 atom stereocenters. The minimum absolute atomic E-state index is 0.0674. The van der Waals surface area contributed by atoms with Gasteiger partial charge >= 0.3 is 6.18 Å². The molecular weight excluding hydrogens is 360 g/mol. The minimum atomic E-state index is -4.55. The maximum Gasteiger partial charge on any atom is 0.418 e. The number of benzene rings is 1. The van der Waals surface area contributed by atoms with Gasteiger partial charge in [-0.3, -0.25) is 4.40 Å². The smallest absolute Gasteiger partial charge is 0.298 e. The first-order chi connectivity index (χ1) is 10.3. The number of nitrogens with zero attached hydrogens (tertiary/aromatic N) is 2. The molecule has 0 bridgehead atoms. The van der Waals surface area contributed by atoms with Crippen LogP contribution in [0, 0.1) is 0 Å². The molecule has 22 heavy (non-hydrogen) atoms. The zero-order valence-electron chi connectivity index (χ0n) is 10.6. The molecule has 3 aromatic rings. The Morgan fingerprint density at radius 3 is 2.27 bits per heavy atom. The molecule has 0 aliphatic carbocycles. The van der Waals surface area contributed by atoms with Crippen molar-refractivity contribution in [3.8, 4) is 11.4 Å². The minimum Gasteiger partial charge on any atom is -0.298 e. The van der Waals surface area contributed by atoms with E-state index in [2.05, 4.69) is 4.98 Å². The molecule has 0 spiro atoms. The first-order valence-electron chi connectivity index (χ1n) is 5.97. The van der Waals surface area contributed by atoms with Gasteiger partial charge in [0.05, 0.1) is 37.9 Å². The van der Waals surface area contributed by atoms with Gasteiger partial charge in [0.15, 0.2) is 0 Å². The Bertz CT molecular complexity index is 851. The Hall–Kier alpha value is -1.43. The van der Waals surface area contributed by atoms with Gasteiger partial charge in [-0.2, -0.15) is 13.2 Å². The highest BCUT2D eigenvalue weighted by Gasteiger charge is 2.34. The molecule has 0 N–H and O–H groups in total. The monoisotopic (exact) mass is 364 g/mol. The van der Waals surface area contributed by atoms with Crippen LogP contribution in [0.5, 0.6) is 0 Å². The number of hydrogen-bond acceptors (Lipinski definition) is 1. The summed E-state index contributed by atoms with van der Waals surface area (Å²) in [6, 6.07) is 5.66. The molecule has 2 nitrogen and oxygen atoms in total. The van der Waals surface area contributed by atoms with Crippen molar-refractivity contribution in [3.63, 3.8) is 0 Å². The van der Waals surface area contributed by atoms with Gasteiger partial charge < -0.3 is 0 Å². The van der Waals surface area contributed by atoms with Crippen LogP contribution in [-0.4, -0.2) is 9.38 Å². The van der Waals surface area contributed by atoms with Gasteiger partial charge in [-0.25, -0.2) is 4.98 Å². The van der Waals surface area contributed by atoms with E-state index >= 15 is 0 Å². The average molecular weight is 366 g/mol. The third-order valence-corrected chi connectivity index (χ3v) is 3.94. The van der Waals surface area contributed by atoms with Gasteiger partial charge in [0.25, 0.3) is 0 Å². The summed E-state index contributed by atoms with van der Waals surface area (Å²) in [5.41, 5.74) is -0.647. The van der Waals surface area contributed by atoms with Crippen LogP contribution in [0.3, 0.4) is 0 Å². The van der Waals surface area contributed by atoms with E-state index in [0.717, 1.165) is 12.3 Å². The molecule has 2 heterocycles. The average Bonchev–Trinajstić information content (AvgIpc) is 2.80. The van der Waals surface area contributed by atoms with Crippen molar-refractivity contribution >= 4 is 40.3 Å². The molecule has 0 radical (unpaired) electrons. The summed E-state index contributed by atoms with van der Waals surface area (Å²) in [5, 5.41) is 0.504. The van der Waals surface area contributed by atoms with Gasteiger partial charge in [-0.1, -0.05) is 40.9 Å². The lowest BCUT2D eigenvalue weighted by Gasteiger charge is -2.11. The lowest BCUT2D eigenvalue weighted by molar-refractivity contribution is -0.136. The molecule has 0 fully saturated rings. The first kappa shape index (κ1) is 15.5. The van der Waals surface area contributed by atoms with Crippen LogP contribution in [0.2, 0.25) is 15.1 Å². The molecule has 0 aliphatic rings. The third-order valence-electron chi connectivity index (χ3n) is 3.10. The molecule has 8 heteroatoms. The Morgan fingerprint density at radius 2 is 1.68 bits per heavy atom. The van der Waals surface area contributed by atoms with Crippen LogP contribution < -0.4 is 0 Å². The van der Waals surface area contributed by atoms with E-state index in [9.17, 15) is 13.2 Å². The van der Waals surface area contributed by atoms with E-state index in [1.807, 2.05) is 0 Å². The van der Waals surface area contributed by atoms with Crippen molar-refractivity contribution in [2.24, 2.45) is 0 Å². The fourth-order valence-corrected chi connectivity index (χ4v) is 2.96. The number of aromatic nitrogens is 2. The maximum atomic E-state index is 13.1. The van der Waals surface area contributed by atoms with Crippen molar-refractivity contribution < 1.29 is 13.2 Å². The second-order valence-electron chi connectivity index (χ2n) is 4.50. The third kappa shape index (κ3) is 2.53. The number of pyridine rings is 1. The molecule has 0 saturated heterocycles. The quantitative estimate of drug-likeness (QED) is 0.518. The summed E-state index contributed by atoms with van der Waals surface area (Å²) >= 11 is 18.0. The number of imidazole rings is 1. The fourth-order valence-electron chi connectivity index (χ4n) is 2.19. The Kier molecular flexibility index (Phi) is 3.75. The normalized spacial score (nSPS) is 12.1. The SMILES string of the molecule is FC(F)(F)c1cc(Cl)cn2c(-c3c(Cl)cccc3Cl)ncc12. The van der Waals surface area contributed by atoms with E-state index in [1.165, 1.54) is 10.6 Å². The maximum absolute atomic E-state index is 13.1. The topological polar surface area (TPSA) is 17.3 Å². The largest absolute Gasteiger partial charge is 0.418 e. The molecule has 0 saturated carbocycles.